The average Bonchev–Trinajstić information content (AvgIpc) is 2.97. The normalized spacial score (nSPS) is 12.2. The number of halogens is 3. The van der Waals surface area contributed by atoms with E-state index >= 15 is 0 Å². The second-order valence-electron chi connectivity index (χ2n) is 9.40. The van der Waals surface area contributed by atoms with Crippen LogP contribution in [0.5, 0.6) is 0 Å². The van der Waals surface area contributed by atoms with Crippen LogP contribution in [0.25, 0.3) is 22.3 Å². The van der Waals surface area contributed by atoms with Crippen LogP contribution in [-0.2, 0) is 22.3 Å². The van der Waals surface area contributed by atoms with Crippen LogP contribution in [0.4, 0.5) is 13.2 Å². The van der Waals surface area contributed by atoms with E-state index < -0.39 is 23.9 Å². The number of ether oxygens (including phenoxy) is 1. The molecule has 40 heavy (non-hydrogen) atoms. The lowest BCUT2D eigenvalue weighted by atomic mass is 10.0. The van der Waals surface area contributed by atoms with Crippen molar-refractivity contribution in [2.75, 3.05) is 14.2 Å². The molecular weight excluding hydrogens is 517 g/mol. The van der Waals surface area contributed by atoms with Crippen molar-refractivity contribution >= 4 is 11.9 Å². The van der Waals surface area contributed by atoms with E-state index in [1.165, 1.54) is 19.2 Å². The number of rotatable bonds is 9. The molecule has 0 bridgehead atoms. The van der Waals surface area contributed by atoms with Gasteiger partial charge in [-0.25, -0.2) is 0 Å². The topological polar surface area (TPSA) is 58.6 Å². The van der Waals surface area contributed by atoms with Crippen molar-refractivity contribution < 1.29 is 27.5 Å². The minimum Gasteiger partial charge on any atom is -0.469 e. The van der Waals surface area contributed by atoms with Crippen molar-refractivity contribution in [1.82, 2.24) is 10.2 Å². The number of hydrogen-bond donors (Lipinski definition) is 1. The van der Waals surface area contributed by atoms with Gasteiger partial charge in [0.1, 0.15) is 0 Å². The molecule has 1 unspecified atom stereocenters. The van der Waals surface area contributed by atoms with Crippen molar-refractivity contribution in [3.8, 4) is 22.3 Å². The second-order valence-corrected chi connectivity index (χ2v) is 9.40. The summed E-state index contributed by atoms with van der Waals surface area (Å²) < 4.78 is 43.4. The highest BCUT2D eigenvalue weighted by molar-refractivity contribution is 5.95. The Hall–Kier alpha value is -4.43. The number of methoxy groups -OCH3 is 1. The summed E-state index contributed by atoms with van der Waals surface area (Å²) in [6.07, 6.45) is -5.09. The average molecular weight is 547 g/mol. The number of alkyl halides is 3. The SMILES string of the molecule is COC(=O)CC(NC(=O)c1ccc(-c2ccc(C(F)(F)F)cc2)cc1)N(C)Cc1ccc(-c2ccccc2)cc1. The van der Waals surface area contributed by atoms with Gasteiger partial charge in [-0.3, -0.25) is 14.5 Å². The van der Waals surface area contributed by atoms with Crippen LogP contribution in [0.1, 0.15) is 27.9 Å². The quantitative estimate of drug-likeness (QED) is 0.186. The summed E-state index contributed by atoms with van der Waals surface area (Å²) in [5, 5.41) is 2.90. The molecule has 4 rings (SSSR count). The fourth-order valence-corrected chi connectivity index (χ4v) is 4.29. The highest BCUT2D eigenvalue weighted by Gasteiger charge is 2.30. The zero-order valence-electron chi connectivity index (χ0n) is 22.1. The monoisotopic (exact) mass is 546 g/mol. The Morgan fingerprint density at radius 1 is 0.775 bits per heavy atom. The van der Waals surface area contributed by atoms with Gasteiger partial charge in [-0.05, 0) is 59.1 Å². The van der Waals surface area contributed by atoms with E-state index in [0.29, 0.717) is 23.2 Å². The standard InChI is InChI=1S/C32H29F3N2O3/c1-37(21-22-8-10-24(11-9-22)23-6-4-3-5-7-23)29(20-30(38)40-2)36-31(39)27-14-12-25(13-15-27)26-16-18-28(19-17-26)32(33,34)35/h3-19,29H,20-21H2,1-2H3,(H,36,39). The molecule has 0 saturated heterocycles. The number of esters is 1. The molecule has 0 aliphatic rings. The number of nitrogens with zero attached hydrogens (tertiary/aromatic N) is 1. The predicted octanol–water partition coefficient (Wildman–Crippen LogP) is 6.79. The van der Waals surface area contributed by atoms with Crippen LogP contribution in [0, 0.1) is 0 Å². The maximum Gasteiger partial charge on any atom is 0.416 e. The number of nitrogens with one attached hydrogen (secondary N) is 1. The van der Waals surface area contributed by atoms with Crippen LogP contribution in [0.3, 0.4) is 0 Å². The highest BCUT2D eigenvalue weighted by Crippen LogP contribution is 2.31. The van der Waals surface area contributed by atoms with Gasteiger partial charge in [0.15, 0.2) is 0 Å². The van der Waals surface area contributed by atoms with E-state index in [2.05, 4.69) is 5.32 Å². The zero-order valence-corrected chi connectivity index (χ0v) is 22.1. The molecule has 4 aromatic rings. The first-order valence-electron chi connectivity index (χ1n) is 12.6. The van der Waals surface area contributed by atoms with Gasteiger partial charge in [0, 0.05) is 12.1 Å². The maximum absolute atomic E-state index is 13.1. The molecule has 1 amide bonds. The van der Waals surface area contributed by atoms with Gasteiger partial charge in [0.05, 0.1) is 25.3 Å². The van der Waals surface area contributed by atoms with Gasteiger partial charge in [0.2, 0.25) is 0 Å². The van der Waals surface area contributed by atoms with Crippen LogP contribution in [0.2, 0.25) is 0 Å². The predicted molar refractivity (Wildman–Crippen MR) is 148 cm³/mol. The lowest BCUT2D eigenvalue weighted by molar-refractivity contribution is -0.142. The summed E-state index contributed by atoms with van der Waals surface area (Å²) in [6, 6.07) is 29.5. The fraction of sp³-hybridized carbons (Fsp3) is 0.188. The van der Waals surface area contributed by atoms with E-state index in [1.54, 1.807) is 24.3 Å². The molecule has 0 aliphatic carbocycles. The van der Waals surface area contributed by atoms with Gasteiger partial charge in [-0.1, -0.05) is 78.9 Å². The minimum absolute atomic E-state index is 0.0511. The molecule has 0 saturated carbocycles. The molecular formula is C32H29F3N2O3. The van der Waals surface area contributed by atoms with E-state index in [1.807, 2.05) is 66.5 Å². The molecule has 0 radical (unpaired) electrons. The maximum atomic E-state index is 13.1. The lowest BCUT2D eigenvalue weighted by Crippen LogP contribution is -2.47. The molecule has 1 atom stereocenters. The van der Waals surface area contributed by atoms with Crippen molar-refractivity contribution in [1.29, 1.82) is 0 Å². The van der Waals surface area contributed by atoms with Crippen LogP contribution in [0.15, 0.2) is 103 Å². The number of amides is 1. The van der Waals surface area contributed by atoms with Crippen LogP contribution < -0.4 is 5.32 Å². The van der Waals surface area contributed by atoms with Crippen LogP contribution in [-0.4, -0.2) is 37.1 Å². The minimum atomic E-state index is -4.40. The number of hydrogen-bond acceptors (Lipinski definition) is 4. The zero-order chi connectivity index (χ0) is 28.7. The Bertz CT molecular complexity index is 1420. The molecule has 0 heterocycles. The summed E-state index contributed by atoms with van der Waals surface area (Å²) in [4.78, 5) is 27.1. The van der Waals surface area contributed by atoms with Gasteiger partial charge in [0.25, 0.3) is 5.91 Å². The van der Waals surface area contributed by atoms with Gasteiger partial charge >= 0.3 is 12.1 Å². The van der Waals surface area contributed by atoms with Gasteiger partial charge in [-0.2, -0.15) is 13.2 Å². The summed E-state index contributed by atoms with van der Waals surface area (Å²) >= 11 is 0. The molecule has 206 valence electrons. The third-order valence-corrected chi connectivity index (χ3v) is 6.60. The largest absolute Gasteiger partial charge is 0.469 e. The lowest BCUT2D eigenvalue weighted by Gasteiger charge is -2.28. The van der Waals surface area contributed by atoms with Crippen molar-refractivity contribution in [2.45, 2.75) is 25.3 Å². The third-order valence-electron chi connectivity index (χ3n) is 6.60. The number of benzene rings is 4. The summed E-state index contributed by atoms with van der Waals surface area (Å²) in [7, 11) is 3.11. The van der Waals surface area contributed by atoms with Crippen molar-refractivity contribution in [3.05, 3.63) is 120 Å². The smallest absolute Gasteiger partial charge is 0.416 e. The molecule has 1 N–H and O–H groups in total. The molecule has 0 aromatic heterocycles. The molecule has 0 spiro atoms. The Labute approximate surface area is 231 Å². The molecule has 0 aliphatic heterocycles. The summed E-state index contributed by atoms with van der Waals surface area (Å²) in [5.41, 5.74) is 4.11. The Kier molecular flexibility index (Phi) is 9.01. The van der Waals surface area contributed by atoms with E-state index in [-0.39, 0.29) is 12.3 Å². The van der Waals surface area contributed by atoms with Crippen LogP contribution >= 0.6 is 0 Å². The van der Waals surface area contributed by atoms with Crippen molar-refractivity contribution in [2.24, 2.45) is 0 Å². The van der Waals surface area contributed by atoms with E-state index in [4.69, 9.17) is 4.74 Å². The Balaban J connectivity index is 1.43. The van der Waals surface area contributed by atoms with Gasteiger partial charge in [-0.15, -0.1) is 0 Å². The number of carbonyl (C=O) groups excluding carboxylic acids is 2. The fourth-order valence-electron chi connectivity index (χ4n) is 4.29. The first kappa shape index (κ1) is 28.6. The highest BCUT2D eigenvalue weighted by atomic mass is 19.4. The molecule has 8 heteroatoms. The van der Waals surface area contributed by atoms with Gasteiger partial charge < -0.3 is 10.1 Å². The van der Waals surface area contributed by atoms with Crippen molar-refractivity contribution in [3.63, 3.8) is 0 Å². The Morgan fingerprint density at radius 3 is 1.80 bits per heavy atom. The number of carbonyl (C=O) groups is 2. The summed E-state index contributed by atoms with van der Waals surface area (Å²) in [5.74, 6) is -0.853. The first-order chi connectivity index (χ1) is 19.1. The first-order valence-corrected chi connectivity index (χ1v) is 12.6. The molecule has 4 aromatic carbocycles. The van der Waals surface area contributed by atoms with E-state index in [0.717, 1.165) is 28.8 Å². The molecule has 0 fully saturated rings. The third kappa shape index (κ3) is 7.36. The molecule has 5 nitrogen and oxygen atoms in total. The van der Waals surface area contributed by atoms with E-state index in [9.17, 15) is 22.8 Å². The second kappa shape index (κ2) is 12.6. The summed E-state index contributed by atoms with van der Waals surface area (Å²) in [6.45, 7) is 0.476. The Morgan fingerprint density at radius 2 is 1.27 bits per heavy atom.